The molecule has 0 saturated heterocycles. The topological polar surface area (TPSA) is 29.1 Å². The number of amides is 1. The lowest BCUT2D eigenvalue weighted by Gasteiger charge is -2.10. The fourth-order valence-corrected chi connectivity index (χ4v) is 2.45. The van der Waals surface area contributed by atoms with Crippen molar-refractivity contribution in [2.24, 2.45) is 0 Å². The zero-order valence-electron chi connectivity index (χ0n) is 11.0. The Balaban J connectivity index is 2.24. The van der Waals surface area contributed by atoms with Crippen molar-refractivity contribution in [3.8, 4) is 0 Å². The van der Waals surface area contributed by atoms with E-state index >= 15 is 0 Å². The molecule has 0 heterocycles. The second kappa shape index (κ2) is 5.89. The van der Waals surface area contributed by atoms with E-state index in [1.807, 2.05) is 6.92 Å². The first-order chi connectivity index (χ1) is 9.77. The molecular formula is C15H11BrF3NO. The molecule has 21 heavy (non-hydrogen) atoms. The lowest BCUT2D eigenvalue weighted by atomic mass is 10.1. The molecule has 1 amide bonds. The van der Waals surface area contributed by atoms with Crippen molar-refractivity contribution in [2.45, 2.75) is 13.1 Å². The molecule has 1 N–H and O–H groups in total. The summed E-state index contributed by atoms with van der Waals surface area (Å²) in [4.78, 5) is 12.1. The first kappa shape index (κ1) is 15.6. The Morgan fingerprint density at radius 1 is 1.14 bits per heavy atom. The normalized spacial score (nSPS) is 11.3. The standard InChI is InChI=1S/C15H11BrF3NO/c1-9-5-6-12(13(16)7-9)14(21)20-11-4-2-3-10(8-11)15(17,18)19/h2-8H,1H3,(H,20,21). The molecule has 0 aliphatic heterocycles. The van der Waals surface area contributed by atoms with Crippen LogP contribution in [0.4, 0.5) is 18.9 Å². The highest BCUT2D eigenvalue weighted by Crippen LogP contribution is 2.31. The number of anilines is 1. The van der Waals surface area contributed by atoms with Gasteiger partial charge in [-0.15, -0.1) is 0 Å². The van der Waals surface area contributed by atoms with Crippen molar-refractivity contribution in [3.05, 3.63) is 63.6 Å². The van der Waals surface area contributed by atoms with Gasteiger partial charge < -0.3 is 5.32 Å². The molecule has 0 bridgehead atoms. The fraction of sp³-hybridized carbons (Fsp3) is 0.133. The molecule has 0 unspecified atom stereocenters. The van der Waals surface area contributed by atoms with E-state index in [1.54, 1.807) is 18.2 Å². The van der Waals surface area contributed by atoms with Crippen LogP contribution in [-0.4, -0.2) is 5.91 Å². The zero-order valence-corrected chi connectivity index (χ0v) is 12.5. The summed E-state index contributed by atoms with van der Waals surface area (Å²) in [7, 11) is 0. The first-order valence-electron chi connectivity index (χ1n) is 6.02. The van der Waals surface area contributed by atoms with Gasteiger partial charge in [0.2, 0.25) is 0 Å². The van der Waals surface area contributed by atoms with Crippen LogP contribution < -0.4 is 5.32 Å². The Morgan fingerprint density at radius 3 is 2.48 bits per heavy atom. The maximum Gasteiger partial charge on any atom is 0.416 e. The van der Waals surface area contributed by atoms with Gasteiger partial charge in [-0.05, 0) is 58.7 Å². The van der Waals surface area contributed by atoms with Gasteiger partial charge in [0.15, 0.2) is 0 Å². The summed E-state index contributed by atoms with van der Waals surface area (Å²) in [6, 6.07) is 9.66. The first-order valence-corrected chi connectivity index (χ1v) is 6.81. The third-order valence-electron chi connectivity index (χ3n) is 2.82. The van der Waals surface area contributed by atoms with Gasteiger partial charge in [-0.1, -0.05) is 12.1 Å². The number of carbonyl (C=O) groups is 1. The van der Waals surface area contributed by atoms with Gasteiger partial charge in [0.1, 0.15) is 0 Å². The summed E-state index contributed by atoms with van der Waals surface area (Å²) in [6.45, 7) is 1.87. The Morgan fingerprint density at radius 2 is 1.86 bits per heavy atom. The van der Waals surface area contributed by atoms with Crippen LogP contribution in [0, 0.1) is 6.92 Å². The van der Waals surface area contributed by atoms with Crippen LogP contribution in [0.15, 0.2) is 46.9 Å². The number of carbonyl (C=O) groups excluding carboxylic acids is 1. The van der Waals surface area contributed by atoms with Crippen LogP contribution in [0.2, 0.25) is 0 Å². The molecule has 0 radical (unpaired) electrons. The summed E-state index contributed by atoms with van der Waals surface area (Å²) in [6.07, 6.45) is -4.44. The van der Waals surface area contributed by atoms with Crippen LogP contribution in [-0.2, 0) is 6.18 Å². The lowest BCUT2D eigenvalue weighted by molar-refractivity contribution is -0.137. The van der Waals surface area contributed by atoms with E-state index in [4.69, 9.17) is 0 Å². The highest BCUT2D eigenvalue weighted by atomic mass is 79.9. The second-order valence-corrected chi connectivity index (χ2v) is 5.37. The van der Waals surface area contributed by atoms with Gasteiger partial charge in [-0.3, -0.25) is 4.79 Å². The van der Waals surface area contributed by atoms with E-state index < -0.39 is 17.6 Å². The van der Waals surface area contributed by atoms with Crippen molar-refractivity contribution in [1.29, 1.82) is 0 Å². The third-order valence-corrected chi connectivity index (χ3v) is 3.47. The molecule has 0 aliphatic carbocycles. The maximum absolute atomic E-state index is 12.6. The van der Waals surface area contributed by atoms with E-state index in [9.17, 15) is 18.0 Å². The monoisotopic (exact) mass is 357 g/mol. The number of alkyl halides is 3. The summed E-state index contributed by atoms with van der Waals surface area (Å²) in [5.74, 6) is -0.471. The Kier molecular flexibility index (Phi) is 4.37. The molecule has 2 nitrogen and oxygen atoms in total. The molecule has 0 atom stereocenters. The zero-order chi connectivity index (χ0) is 15.6. The average molecular weight is 358 g/mol. The Labute approximate surface area is 128 Å². The van der Waals surface area contributed by atoms with Crippen molar-refractivity contribution < 1.29 is 18.0 Å². The van der Waals surface area contributed by atoms with Crippen LogP contribution in [0.25, 0.3) is 0 Å². The smallest absolute Gasteiger partial charge is 0.322 e. The molecule has 0 saturated carbocycles. The SMILES string of the molecule is Cc1ccc(C(=O)Nc2cccc(C(F)(F)F)c2)c(Br)c1. The maximum atomic E-state index is 12.6. The molecule has 6 heteroatoms. The fourth-order valence-electron chi connectivity index (χ4n) is 1.78. The number of aryl methyl sites for hydroxylation is 1. The minimum Gasteiger partial charge on any atom is -0.322 e. The van der Waals surface area contributed by atoms with Crippen LogP contribution in [0.5, 0.6) is 0 Å². The molecule has 0 spiro atoms. The van der Waals surface area contributed by atoms with Crippen LogP contribution >= 0.6 is 15.9 Å². The van der Waals surface area contributed by atoms with Crippen molar-refractivity contribution in [3.63, 3.8) is 0 Å². The second-order valence-electron chi connectivity index (χ2n) is 4.52. The van der Waals surface area contributed by atoms with Crippen molar-refractivity contribution >= 4 is 27.5 Å². The van der Waals surface area contributed by atoms with E-state index in [2.05, 4.69) is 21.2 Å². The predicted octanol–water partition coefficient (Wildman–Crippen LogP) is 5.03. The molecular weight excluding hydrogens is 347 g/mol. The summed E-state index contributed by atoms with van der Waals surface area (Å²) in [5, 5.41) is 2.46. The highest BCUT2D eigenvalue weighted by molar-refractivity contribution is 9.10. The minimum absolute atomic E-state index is 0.0994. The minimum atomic E-state index is -4.44. The number of hydrogen-bond acceptors (Lipinski definition) is 1. The van der Waals surface area contributed by atoms with Gasteiger partial charge in [-0.25, -0.2) is 0 Å². The van der Waals surface area contributed by atoms with Gasteiger partial charge in [-0.2, -0.15) is 13.2 Å². The molecule has 0 aromatic heterocycles. The largest absolute Gasteiger partial charge is 0.416 e. The number of rotatable bonds is 2. The van der Waals surface area contributed by atoms with E-state index in [1.165, 1.54) is 12.1 Å². The van der Waals surface area contributed by atoms with Gasteiger partial charge >= 0.3 is 6.18 Å². The molecule has 0 aliphatic rings. The number of nitrogens with one attached hydrogen (secondary N) is 1. The summed E-state index contributed by atoms with van der Waals surface area (Å²) >= 11 is 3.27. The van der Waals surface area contributed by atoms with Crippen LogP contribution in [0.1, 0.15) is 21.5 Å². The van der Waals surface area contributed by atoms with Crippen LogP contribution in [0.3, 0.4) is 0 Å². The molecule has 2 aromatic rings. The third kappa shape index (κ3) is 3.85. The molecule has 110 valence electrons. The Bertz CT molecular complexity index is 683. The van der Waals surface area contributed by atoms with Crippen molar-refractivity contribution in [2.75, 3.05) is 5.32 Å². The predicted molar refractivity (Wildman–Crippen MR) is 78.3 cm³/mol. The van der Waals surface area contributed by atoms with Crippen molar-refractivity contribution in [1.82, 2.24) is 0 Å². The van der Waals surface area contributed by atoms with Gasteiger partial charge in [0.05, 0.1) is 11.1 Å². The highest BCUT2D eigenvalue weighted by Gasteiger charge is 2.30. The lowest BCUT2D eigenvalue weighted by Crippen LogP contribution is -2.13. The summed E-state index contributed by atoms with van der Waals surface area (Å²) in [5.41, 5.74) is 0.626. The number of benzene rings is 2. The molecule has 0 fully saturated rings. The van der Waals surface area contributed by atoms with E-state index in [0.29, 0.717) is 10.0 Å². The number of hydrogen-bond donors (Lipinski definition) is 1. The molecule has 2 rings (SSSR count). The van der Waals surface area contributed by atoms with E-state index in [-0.39, 0.29) is 5.69 Å². The Hall–Kier alpha value is -1.82. The van der Waals surface area contributed by atoms with Gasteiger partial charge in [0, 0.05) is 10.2 Å². The number of halogens is 4. The van der Waals surface area contributed by atoms with Gasteiger partial charge in [0.25, 0.3) is 5.91 Å². The average Bonchev–Trinajstić information content (AvgIpc) is 2.37. The molecule has 2 aromatic carbocycles. The van der Waals surface area contributed by atoms with E-state index in [0.717, 1.165) is 17.7 Å². The quantitative estimate of drug-likeness (QED) is 0.802. The summed E-state index contributed by atoms with van der Waals surface area (Å²) < 4.78 is 38.4.